The van der Waals surface area contributed by atoms with Gasteiger partial charge in [-0.2, -0.15) is 0 Å². The van der Waals surface area contributed by atoms with E-state index in [9.17, 15) is 34.2 Å². The Bertz CT molecular complexity index is 1450. The summed E-state index contributed by atoms with van der Waals surface area (Å²) in [6.07, 6.45) is 0.832. The molecule has 1 amide bonds. The number of aliphatic hydroxyl groups is 1. The van der Waals surface area contributed by atoms with Crippen LogP contribution in [0.5, 0.6) is 11.5 Å². The summed E-state index contributed by atoms with van der Waals surface area (Å²) in [4.78, 5) is 65.1. The largest absolute Gasteiger partial charge is 0.507 e. The Labute approximate surface area is 230 Å². The van der Waals surface area contributed by atoms with Crippen LogP contribution in [0.2, 0.25) is 0 Å². The third-order valence-electron chi connectivity index (χ3n) is 8.60. The first kappa shape index (κ1) is 27.7. The van der Waals surface area contributed by atoms with Gasteiger partial charge in [0.05, 0.1) is 18.6 Å². The molecule has 2 aromatic carbocycles. The number of amides is 1. The van der Waals surface area contributed by atoms with Crippen molar-refractivity contribution < 1.29 is 38.9 Å². The number of benzene rings is 2. The number of nitrogens with two attached hydrogens (primary N) is 1. The van der Waals surface area contributed by atoms with Crippen molar-refractivity contribution in [1.29, 1.82) is 0 Å². The number of fused-ring (bicyclic) bond motifs is 3. The fourth-order valence-electron chi connectivity index (χ4n) is 6.70. The Balaban J connectivity index is 1.59. The van der Waals surface area contributed by atoms with E-state index in [-0.39, 0.29) is 30.6 Å². The molecular weight excluding hydrogens is 516 g/mol. The lowest BCUT2D eigenvalue weighted by Gasteiger charge is -2.48. The number of carbonyl (C=O) groups is 5. The van der Waals surface area contributed by atoms with E-state index in [1.54, 1.807) is 13.2 Å². The van der Waals surface area contributed by atoms with Crippen LogP contribution in [0.1, 0.15) is 47.7 Å². The summed E-state index contributed by atoms with van der Waals surface area (Å²) in [5, 5.41) is 25.5. The summed E-state index contributed by atoms with van der Waals surface area (Å²) in [5.41, 5.74) is 5.42. The summed E-state index contributed by atoms with van der Waals surface area (Å²) < 4.78 is 5.62. The van der Waals surface area contributed by atoms with Crippen LogP contribution in [0, 0.1) is 23.7 Å². The molecule has 2 unspecified atom stereocenters. The zero-order chi connectivity index (χ0) is 28.9. The maximum Gasteiger partial charge on any atom is 0.235 e. The van der Waals surface area contributed by atoms with E-state index in [0.717, 1.165) is 18.5 Å². The fraction of sp³-hybridized carbons (Fsp3) is 0.433. The Hall–Kier alpha value is -3.89. The van der Waals surface area contributed by atoms with E-state index in [1.165, 1.54) is 6.07 Å². The van der Waals surface area contributed by atoms with Crippen molar-refractivity contribution >= 4 is 29.0 Å². The van der Waals surface area contributed by atoms with Gasteiger partial charge in [0.15, 0.2) is 34.7 Å². The molecule has 210 valence electrons. The van der Waals surface area contributed by atoms with E-state index in [4.69, 9.17) is 10.5 Å². The van der Waals surface area contributed by atoms with Crippen LogP contribution in [0.15, 0.2) is 30.3 Å². The average Bonchev–Trinajstić information content (AvgIpc) is 2.91. The molecule has 3 aliphatic rings. The maximum absolute atomic E-state index is 13.9. The van der Waals surface area contributed by atoms with Gasteiger partial charge in [-0.25, -0.2) is 0 Å². The summed E-state index contributed by atoms with van der Waals surface area (Å²) in [6, 6.07) is 8.82. The first-order chi connectivity index (χ1) is 19.0. The van der Waals surface area contributed by atoms with Crippen molar-refractivity contribution in [2.45, 2.75) is 44.8 Å². The molecule has 0 radical (unpaired) electrons. The zero-order valence-electron chi connectivity index (χ0n) is 22.4. The fourth-order valence-corrected chi connectivity index (χ4v) is 6.70. The molecular formula is C30H32N2O8. The number of primary amides is 1. The highest BCUT2D eigenvalue weighted by atomic mass is 16.5. The van der Waals surface area contributed by atoms with Gasteiger partial charge in [-0.1, -0.05) is 19.1 Å². The Kier molecular flexibility index (Phi) is 7.09. The van der Waals surface area contributed by atoms with Crippen molar-refractivity contribution in [1.82, 2.24) is 5.32 Å². The number of nitrogens with one attached hydrogen (secondary N) is 1. The Morgan fingerprint density at radius 1 is 1.10 bits per heavy atom. The third kappa shape index (κ3) is 4.13. The van der Waals surface area contributed by atoms with Crippen LogP contribution in [0.25, 0.3) is 11.1 Å². The SMILES string of the molecule is CCCNCc1ccc(OC)c(-c2ccc(O)c3c2C[C@H]2C[C@H]4CC(=O)C(C(N)=O)C(=O)[C@@]4(O)C(=O)C2C3=O)c1. The number of hydrogen-bond acceptors (Lipinski definition) is 9. The van der Waals surface area contributed by atoms with Gasteiger partial charge in [0.25, 0.3) is 0 Å². The van der Waals surface area contributed by atoms with Gasteiger partial charge in [0.1, 0.15) is 11.5 Å². The molecule has 5 rings (SSSR count). The molecule has 0 aromatic heterocycles. The Morgan fingerprint density at radius 3 is 2.52 bits per heavy atom. The predicted octanol–water partition coefficient (Wildman–Crippen LogP) is 1.50. The minimum Gasteiger partial charge on any atom is -0.507 e. The van der Waals surface area contributed by atoms with Gasteiger partial charge in [-0.3, -0.25) is 24.0 Å². The zero-order valence-corrected chi connectivity index (χ0v) is 22.4. The standard InChI is InChI=1S/C30H32N2O8/c1-3-8-32-13-14-4-7-22(40-2)18(9-14)17-5-6-20(33)24-19(17)11-15-10-16-12-21(34)25(29(31)38)28(37)30(16,39)27(36)23(15)26(24)35/h4-7,9,15-16,23,25,32-33,39H,3,8,10-13H2,1-2H3,(H2,31,38)/t15-,16+,23?,25?,30+/m1/s1. The lowest BCUT2D eigenvalue weighted by Crippen LogP contribution is -2.68. The van der Waals surface area contributed by atoms with Crippen molar-refractivity contribution in [3.63, 3.8) is 0 Å². The summed E-state index contributed by atoms with van der Waals surface area (Å²) in [5.74, 6) is -9.77. The van der Waals surface area contributed by atoms with Gasteiger partial charge in [-0.05, 0) is 66.6 Å². The van der Waals surface area contributed by atoms with Gasteiger partial charge in [-0.15, -0.1) is 0 Å². The second-order valence-electron chi connectivity index (χ2n) is 10.9. The normalized spacial score (nSPS) is 27.6. The maximum atomic E-state index is 13.9. The highest BCUT2D eigenvalue weighted by Crippen LogP contribution is 2.51. The molecule has 0 spiro atoms. The van der Waals surface area contributed by atoms with E-state index < -0.39 is 58.3 Å². The molecule has 2 aromatic rings. The van der Waals surface area contributed by atoms with Gasteiger partial charge < -0.3 is 26.0 Å². The third-order valence-corrected chi connectivity index (χ3v) is 8.60. The number of aromatic hydroxyl groups is 1. The number of methoxy groups -OCH3 is 1. The molecule has 10 heteroatoms. The molecule has 2 saturated carbocycles. The molecule has 0 bridgehead atoms. The smallest absolute Gasteiger partial charge is 0.235 e. The van der Waals surface area contributed by atoms with Crippen molar-refractivity contribution in [2.24, 2.45) is 29.4 Å². The number of ether oxygens (including phenoxy) is 1. The minimum absolute atomic E-state index is 0.0360. The van der Waals surface area contributed by atoms with Crippen LogP contribution in [0.4, 0.5) is 0 Å². The topological polar surface area (TPSA) is 173 Å². The first-order valence-electron chi connectivity index (χ1n) is 13.4. The second kappa shape index (κ2) is 10.3. The van der Waals surface area contributed by atoms with Crippen molar-refractivity contribution in [3.8, 4) is 22.6 Å². The minimum atomic E-state index is -2.67. The first-order valence-corrected chi connectivity index (χ1v) is 13.4. The van der Waals surface area contributed by atoms with E-state index in [0.29, 0.717) is 29.0 Å². The lowest BCUT2D eigenvalue weighted by molar-refractivity contribution is -0.175. The van der Waals surface area contributed by atoms with Crippen molar-refractivity contribution in [3.05, 3.63) is 47.0 Å². The average molecular weight is 549 g/mol. The van der Waals surface area contributed by atoms with E-state index in [2.05, 4.69) is 12.2 Å². The molecule has 5 N–H and O–H groups in total. The van der Waals surface area contributed by atoms with Crippen LogP contribution >= 0.6 is 0 Å². The number of hydrogen-bond donors (Lipinski definition) is 4. The van der Waals surface area contributed by atoms with Gasteiger partial charge in [0, 0.05) is 24.4 Å². The highest BCUT2D eigenvalue weighted by Gasteiger charge is 2.66. The Morgan fingerprint density at radius 2 is 1.85 bits per heavy atom. The van der Waals surface area contributed by atoms with Gasteiger partial charge in [0.2, 0.25) is 5.91 Å². The molecule has 10 nitrogen and oxygen atoms in total. The van der Waals surface area contributed by atoms with Crippen LogP contribution < -0.4 is 15.8 Å². The second-order valence-corrected chi connectivity index (χ2v) is 10.9. The molecule has 2 fully saturated rings. The van der Waals surface area contributed by atoms with E-state index in [1.807, 2.05) is 18.2 Å². The number of rotatable bonds is 7. The molecule has 5 atom stereocenters. The molecule has 40 heavy (non-hydrogen) atoms. The predicted molar refractivity (Wildman–Crippen MR) is 142 cm³/mol. The number of ketones is 4. The number of phenolic OH excluding ortho intramolecular Hbond substituents is 1. The van der Waals surface area contributed by atoms with Crippen molar-refractivity contribution in [2.75, 3.05) is 13.7 Å². The van der Waals surface area contributed by atoms with Crippen LogP contribution in [-0.2, 0) is 32.1 Å². The van der Waals surface area contributed by atoms with Crippen LogP contribution in [0.3, 0.4) is 0 Å². The summed E-state index contributed by atoms with van der Waals surface area (Å²) >= 11 is 0. The number of carbonyl (C=O) groups excluding carboxylic acids is 5. The monoisotopic (exact) mass is 548 g/mol. The number of Topliss-reactive ketones (excluding diaryl/α,β-unsaturated/α-hetero) is 4. The highest BCUT2D eigenvalue weighted by molar-refractivity contribution is 6.31. The quantitative estimate of drug-likeness (QED) is 0.295. The molecule has 0 heterocycles. The van der Waals surface area contributed by atoms with Crippen LogP contribution in [-0.4, -0.2) is 58.5 Å². The van der Waals surface area contributed by atoms with E-state index >= 15 is 0 Å². The molecule has 3 aliphatic carbocycles. The van der Waals surface area contributed by atoms with Gasteiger partial charge >= 0.3 is 0 Å². The summed E-state index contributed by atoms with van der Waals surface area (Å²) in [6.45, 7) is 3.55. The number of phenols is 1. The molecule has 0 saturated heterocycles. The molecule has 0 aliphatic heterocycles. The lowest BCUT2D eigenvalue weighted by atomic mass is 9.53. The summed E-state index contributed by atoms with van der Waals surface area (Å²) in [7, 11) is 1.54.